The predicted molar refractivity (Wildman–Crippen MR) is 168 cm³/mol. The highest BCUT2D eigenvalue weighted by molar-refractivity contribution is 5.68. The lowest BCUT2D eigenvalue weighted by Gasteiger charge is -2.30. The van der Waals surface area contributed by atoms with Crippen LogP contribution >= 0.6 is 0 Å². The Kier molecular flexibility index (Phi) is 10.3. The lowest BCUT2D eigenvalue weighted by molar-refractivity contribution is 0.183. The maximum Gasteiger partial charge on any atom is 0.140 e. The second kappa shape index (κ2) is 14.5. The number of nitrogens with zero attached hydrogens (tertiary/aromatic N) is 3. The van der Waals surface area contributed by atoms with E-state index in [2.05, 4.69) is 89.2 Å². The number of rotatable bonds is 13. The fourth-order valence-corrected chi connectivity index (χ4v) is 6.28. The van der Waals surface area contributed by atoms with Crippen LogP contribution in [0.1, 0.15) is 68.7 Å². The number of aliphatic hydroxyl groups excluding tert-OH is 1. The number of aromatic nitrogens is 2. The minimum absolute atomic E-state index is 0.0258. The summed E-state index contributed by atoms with van der Waals surface area (Å²) in [4.78, 5) is 7.97. The molecule has 1 aromatic heterocycles. The summed E-state index contributed by atoms with van der Waals surface area (Å²) in [6.07, 6.45) is 8.87. The molecule has 0 amide bonds. The fraction of sp³-hybridized carbons (Fsp3) is 0.417. The van der Waals surface area contributed by atoms with Gasteiger partial charge in [0.25, 0.3) is 0 Å². The molecule has 5 nitrogen and oxygen atoms in total. The number of unbranched alkanes of at least 4 members (excludes halogenated alkanes) is 1. The van der Waals surface area contributed by atoms with E-state index in [-0.39, 0.29) is 6.61 Å². The zero-order chi connectivity index (χ0) is 28.4. The zero-order valence-electron chi connectivity index (χ0n) is 24.8. The molecule has 4 aromatic rings. The molecule has 1 aliphatic carbocycles. The van der Waals surface area contributed by atoms with E-state index in [1.807, 2.05) is 6.07 Å². The molecular formula is C36H45N3O2. The Balaban J connectivity index is 1.57. The molecule has 5 heteroatoms. The van der Waals surface area contributed by atoms with Gasteiger partial charge < -0.3 is 14.4 Å². The zero-order valence-corrected chi connectivity index (χ0v) is 24.8. The van der Waals surface area contributed by atoms with Crippen LogP contribution in [0.4, 0.5) is 0 Å². The van der Waals surface area contributed by atoms with Crippen LogP contribution in [0.15, 0.2) is 78.9 Å². The van der Waals surface area contributed by atoms with E-state index >= 15 is 0 Å². The molecule has 1 heterocycles. The first-order chi connectivity index (χ1) is 20.2. The SMILES string of the molecule is CCCCn1c(-c2ccccc2)nc(-c2ccccc2)c1CN(Cc1ccc(OC)c(CO)c1)CC1CCCCC1. The Hall–Kier alpha value is -3.41. The third-order valence-electron chi connectivity index (χ3n) is 8.42. The Labute approximate surface area is 245 Å². The van der Waals surface area contributed by atoms with Gasteiger partial charge in [-0.2, -0.15) is 0 Å². The maximum absolute atomic E-state index is 9.99. The fourth-order valence-electron chi connectivity index (χ4n) is 6.28. The second-order valence-electron chi connectivity index (χ2n) is 11.4. The Morgan fingerprint density at radius 3 is 2.27 bits per heavy atom. The van der Waals surface area contributed by atoms with Crippen LogP contribution in [0.3, 0.4) is 0 Å². The molecule has 0 spiro atoms. The van der Waals surface area contributed by atoms with Crippen molar-refractivity contribution < 1.29 is 9.84 Å². The number of aliphatic hydroxyl groups is 1. The van der Waals surface area contributed by atoms with Crippen molar-refractivity contribution in [3.63, 3.8) is 0 Å². The highest BCUT2D eigenvalue weighted by atomic mass is 16.5. The van der Waals surface area contributed by atoms with E-state index in [9.17, 15) is 5.11 Å². The number of methoxy groups -OCH3 is 1. The minimum Gasteiger partial charge on any atom is -0.496 e. The van der Waals surface area contributed by atoms with E-state index in [1.54, 1.807) is 7.11 Å². The number of hydrogen-bond acceptors (Lipinski definition) is 4. The van der Waals surface area contributed by atoms with Gasteiger partial charge in [0.15, 0.2) is 0 Å². The lowest BCUT2D eigenvalue weighted by atomic mass is 9.88. The molecule has 0 unspecified atom stereocenters. The van der Waals surface area contributed by atoms with Gasteiger partial charge >= 0.3 is 0 Å². The van der Waals surface area contributed by atoms with Crippen molar-refractivity contribution in [3.05, 3.63) is 95.7 Å². The maximum atomic E-state index is 9.99. The first-order valence-corrected chi connectivity index (χ1v) is 15.4. The summed E-state index contributed by atoms with van der Waals surface area (Å²) in [7, 11) is 1.66. The van der Waals surface area contributed by atoms with E-state index in [1.165, 1.54) is 48.9 Å². The molecule has 1 fully saturated rings. The van der Waals surface area contributed by atoms with E-state index in [4.69, 9.17) is 9.72 Å². The van der Waals surface area contributed by atoms with Gasteiger partial charge in [0.1, 0.15) is 11.6 Å². The smallest absolute Gasteiger partial charge is 0.140 e. The van der Waals surface area contributed by atoms with Crippen LogP contribution in [-0.4, -0.2) is 33.2 Å². The van der Waals surface area contributed by atoms with E-state index in [0.717, 1.165) is 67.4 Å². The monoisotopic (exact) mass is 551 g/mol. The summed E-state index contributed by atoms with van der Waals surface area (Å²) in [5, 5.41) is 9.99. The molecule has 5 rings (SSSR count). The van der Waals surface area contributed by atoms with Crippen LogP contribution in [0.25, 0.3) is 22.6 Å². The summed E-state index contributed by atoms with van der Waals surface area (Å²) >= 11 is 0. The van der Waals surface area contributed by atoms with E-state index < -0.39 is 0 Å². The van der Waals surface area contributed by atoms with Crippen molar-refractivity contribution >= 4 is 0 Å². The number of hydrogen-bond donors (Lipinski definition) is 1. The molecule has 3 aromatic carbocycles. The topological polar surface area (TPSA) is 50.5 Å². The Morgan fingerprint density at radius 2 is 1.61 bits per heavy atom. The van der Waals surface area contributed by atoms with Gasteiger partial charge in [-0.15, -0.1) is 0 Å². The highest BCUT2D eigenvalue weighted by Gasteiger charge is 2.24. The van der Waals surface area contributed by atoms with Gasteiger partial charge in [-0.1, -0.05) is 99.3 Å². The molecule has 0 bridgehead atoms. The average molecular weight is 552 g/mol. The molecule has 1 saturated carbocycles. The molecule has 0 aliphatic heterocycles. The van der Waals surface area contributed by atoms with Gasteiger partial charge in [-0.3, -0.25) is 4.90 Å². The molecule has 216 valence electrons. The molecular weight excluding hydrogens is 506 g/mol. The van der Waals surface area contributed by atoms with Crippen molar-refractivity contribution in [2.24, 2.45) is 5.92 Å². The Morgan fingerprint density at radius 1 is 0.902 bits per heavy atom. The standard InChI is InChI=1S/C36H45N3O2/c1-3-4-22-39-33(35(30-16-10-6-11-17-30)37-36(39)31-18-12-7-13-19-31)26-38(24-28-14-8-5-9-15-28)25-29-20-21-34(41-2)32(23-29)27-40/h6-7,10-13,16-21,23,28,40H,3-5,8-9,14-15,22,24-27H2,1-2H3. The summed E-state index contributed by atoms with van der Waals surface area (Å²) in [6.45, 7) is 5.89. The first-order valence-electron chi connectivity index (χ1n) is 15.4. The van der Waals surface area contributed by atoms with Crippen molar-refractivity contribution in [1.82, 2.24) is 14.5 Å². The lowest BCUT2D eigenvalue weighted by Crippen LogP contribution is -2.31. The number of benzene rings is 3. The molecule has 1 aliphatic rings. The van der Waals surface area contributed by atoms with Crippen molar-refractivity contribution in [3.8, 4) is 28.4 Å². The van der Waals surface area contributed by atoms with Gasteiger partial charge in [-0.25, -0.2) is 4.98 Å². The highest BCUT2D eigenvalue weighted by Crippen LogP contribution is 2.33. The second-order valence-corrected chi connectivity index (χ2v) is 11.4. The van der Waals surface area contributed by atoms with Crippen molar-refractivity contribution in [1.29, 1.82) is 0 Å². The number of ether oxygens (including phenoxy) is 1. The average Bonchev–Trinajstić information content (AvgIpc) is 3.38. The van der Waals surface area contributed by atoms with E-state index in [0.29, 0.717) is 5.92 Å². The molecule has 0 saturated heterocycles. The van der Waals surface area contributed by atoms with Crippen molar-refractivity contribution in [2.45, 2.75) is 78.1 Å². The van der Waals surface area contributed by atoms with Crippen LogP contribution in [-0.2, 0) is 26.2 Å². The van der Waals surface area contributed by atoms with Crippen LogP contribution in [0.5, 0.6) is 5.75 Å². The van der Waals surface area contributed by atoms with Crippen LogP contribution in [0, 0.1) is 5.92 Å². The molecule has 41 heavy (non-hydrogen) atoms. The van der Waals surface area contributed by atoms with Gasteiger partial charge in [0.05, 0.1) is 25.1 Å². The van der Waals surface area contributed by atoms with Crippen LogP contribution in [0.2, 0.25) is 0 Å². The molecule has 0 atom stereocenters. The normalized spacial score (nSPS) is 14.0. The summed E-state index contributed by atoms with van der Waals surface area (Å²) in [5.74, 6) is 2.50. The summed E-state index contributed by atoms with van der Waals surface area (Å²) in [5.41, 5.74) is 6.74. The minimum atomic E-state index is -0.0258. The third kappa shape index (κ3) is 7.27. The van der Waals surface area contributed by atoms with Gasteiger partial charge in [0, 0.05) is 42.9 Å². The summed E-state index contributed by atoms with van der Waals surface area (Å²) < 4.78 is 7.98. The molecule has 0 radical (unpaired) electrons. The summed E-state index contributed by atoms with van der Waals surface area (Å²) in [6, 6.07) is 27.6. The molecule has 1 N–H and O–H groups in total. The largest absolute Gasteiger partial charge is 0.496 e. The first kappa shape index (κ1) is 29.1. The third-order valence-corrected chi connectivity index (χ3v) is 8.42. The quantitative estimate of drug-likeness (QED) is 0.182. The predicted octanol–water partition coefficient (Wildman–Crippen LogP) is 8.10. The Bertz CT molecular complexity index is 1360. The van der Waals surface area contributed by atoms with Crippen molar-refractivity contribution in [2.75, 3.05) is 13.7 Å². The van der Waals surface area contributed by atoms with Crippen LogP contribution < -0.4 is 4.74 Å². The number of imidazole rings is 1. The van der Waals surface area contributed by atoms with Gasteiger partial charge in [0.2, 0.25) is 0 Å². The van der Waals surface area contributed by atoms with Gasteiger partial charge in [-0.05, 0) is 42.9 Å².